The largest absolute Gasteiger partial charge is 0.393 e. The van der Waals surface area contributed by atoms with Gasteiger partial charge < -0.3 is 15.2 Å². The maximum atomic E-state index is 10.1. The van der Waals surface area contributed by atoms with Crippen LogP contribution in [0.15, 0.2) is 0 Å². The van der Waals surface area contributed by atoms with Crippen molar-refractivity contribution >= 4 is 6.41 Å². The first-order valence-electron chi connectivity index (χ1n) is 4.07. The Morgan fingerprint density at radius 3 is 2.67 bits per heavy atom. The predicted octanol–water partition coefficient (Wildman–Crippen LogP) is -0.0916. The molecule has 2 unspecified atom stereocenters. The summed E-state index contributed by atoms with van der Waals surface area (Å²) in [5, 5.41) is 11.6. The van der Waals surface area contributed by atoms with Crippen LogP contribution in [0.4, 0.5) is 0 Å². The van der Waals surface area contributed by atoms with Gasteiger partial charge in [-0.05, 0) is 19.8 Å². The molecule has 0 heterocycles. The molecule has 72 valence electrons. The molecule has 0 aromatic rings. The summed E-state index contributed by atoms with van der Waals surface area (Å²) in [6.07, 6.45) is 1.75. The van der Waals surface area contributed by atoms with Crippen LogP contribution in [0.3, 0.4) is 0 Å². The molecule has 0 bridgehead atoms. The summed E-state index contributed by atoms with van der Waals surface area (Å²) in [7, 11) is 1.59. The normalized spacial score (nSPS) is 15.2. The topological polar surface area (TPSA) is 58.6 Å². The number of aliphatic hydroxyl groups is 1. The third-order valence-corrected chi connectivity index (χ3v) is 1.60. The quantitative estimate of drug-likeness (QED) is 0.532. The second-order valence-corrected chi connectivity index (χ2v) is 2.86. The van der Waals surface area contributed by atoms with Crippen molar-refractivity contribution in [1.29, 1.82) is 0 Å². The number of ether oxygens (including phenoxy) is 1. The second-order valence-electron chi connectivity index (χ2n) is 2.86. The van der Waals surface area contributed by atoms with Crippen molar-refractivity contribution in [2.24, 2.45) is 0 Å². The van der Waals surface area contributed by atoms with Crippen LogP contribution >= 0.6 is 0 Å². The Kier molecular flexibility index (Phi) is 6.70. The summed E-state index contributed by atoms with van der Waals surface area (Å²) >= 11 is 0. The molecule has 0 aromatic carbocycles. The molecular formula is C8H17NO3. The summed E-state index contributed by atoms with van der Waals surface area (Å²) in [5.74, 6) is 0. The lowest BCUT2D eigenvalue weighted by atomic mass is 10.1. The van der Waals surface area contributed by atoms with Gasteiger partial charge >= 0.3 is 0 Å². The van der Waals surface area contributed by atoms with Crippen molar-refractivity contribution in [3.63, 3.8) is 0 Å². The van der Waals surface area contributed by atoms with Gasteiger partial charge in [-0.3, -0.25) is 4.79 Å². The van der Waals surface area contributed by atoms with E-state index in [1.165, 1.54) is 0 Å². The highest BCUT2D eigenvalue weighted by atomic mass is 16.5. The van der Waals surface area contributed by atoms with E-state index in [4.69, 9.17) is 9.84 Å². The molecular weight excluding hydrogens is 158 g/mol. The number of carbonyl (C=O) groups excluding carboxylic acids is 1. The highest BCUT2D eigenvalue weighted by molar-refractivity contribution is 5.46. The van der Waals surface area contributed by atoms with Gasteiger partial charge in [0.1, 0.15) is 0 Å². The van der Waals surface area contributed by atoms with E-state index >= 15 is 0 Å². The van der Waals surface area contributed by atoms with Gasteiger partial charge in [0.2, 0.25) is 6.41 Å². The first-order chi connectivity index (χ1) is 5.70. The number of methoxy groups -OCH3 is 1. The Morgan fingerprint density at radius 1 is 1.58 bits per heavy atom. The molecule has 0 aliphatic rings. The fourth-order valence-corrected chi connectivity index (χ4v) is 0.955. The van der Waals surface area contributed by atoms with E-state index in [0.29, 0.717) is 19.4 Å². The van der Waals surface area contributed by atoms with Crippen LogP contribution in [-0.2, 0) is 9.53 Å². The van der Waals surface area contributed by atoms with Crippen LogP contribution < -0.4 is 5.32 Å². The lowest BCUT2D eigenvalue weighted by Crippen LogP contribution is -2.32. The molecule has 1 amide bonds. The fraction of sp³-hybridized carbons (Fsp3) is 0.875. The first kappa shape index (κ1) is 11.4. The SMILES string of the molecule is COCC(CCC(C)O)NC=O. The molecule has 0 fully saturated rings. The molecule has 0 saturated carbocycles. The molecule has 0 rings (SSSR count). The van der Waals surface area contributed by atoms with E-state index in [9.17, 15) is 4.79 Å². The van der Waals surface area contributed by atoms with Gasteiger partial charge in [0.05, 0.1) is 18.8 Å². The van der Waals surface area contributed by atoms with Gasteiger partial charge in [0.25, 0.3) is 0 Å². The third-order valence-electron chi connectivity index (χ3n) is 1.60. The number of hydrogen-bond acceptors (Lipinski definition) is 3. The summed E-state index contributed by atoms with van der Waals surface area (Å²) in [6.45, 7) is 2.22. The minimum absolute atomic E-state index is 0.0158. The smallest absolute Gasteiger partial charge is 0.207 e. The van der Waals surface area contributed by atoms with Crippen LogP contribution in [0.5, 0.6) is 0 Å². The number of amides is 1. The molecule has 0 radical (unpaired) electrons. The number of rotatable bonds is 7. The van der Waals surface area contributed by atoms with Gasteiger partial charge in [-0.2, -0.15) is 0 Å². The molecule has 2 atom stereocenters. The zero-order valence-corrected chi connectivity index (χ0v) is 7.62. The van der Waals surface area contributed by atoms with Crippen LogP contribution in [-0.4, -0.2) is 37.4 Å². The van der Waals surface area contributed by atoms with Gasteiger partial charge in [0, 0.05) is 7.11 Å². The van der Waals surface area contributed by atoms with Crippen LogP contribution in [0.2, 0.25) is 0 Å². The summed E-state index contributed by atoms with van der Waals surface area (Å²) in [5.41, 5.74) is 0. The van der Waals surface area contributed by atoms with Crippen molar-refractivity contribution in [3.05, 3.63) is 0 Å². The standard InChI is InChI=1S/C8H17NO3/c1-7(11)3-4-8(5-12-2)9-6-10/h6-8,11H,3-5H2,1-2H3,(H,9,10). The molecule has 12 heavy (non-hydrogen) atoms. The van der Waals surface area contributed by atoms with E-state index in [2.05, 4.69) is 5.32 Å². The van der Waals surface area contributed by atoms with E-state index < -0.39 is 0 Å². The highest BCUT2D eigenvalue weighted by Crippen LogP contribution is 2.00. The van der Waals surface area contributed by atoms with Crippen LogP contribution in [0.25, 0.3) is 0 Å². The molecule has 0 aliphatic carbocycles. The van der Waals surface area contributed by atoms with Gasteiger partial charge in [0.15, 0.2) is 0 Å². The van der Waals surface area contributed by atoms with Gasteiger partial charge in [-0.15, -0.1) is 0 Å². The molecule has 4 nitrogen and oxygen atoms in total. The molecule has 4 heteroatoms. The third kappa shape index (κ3) is 6.12. The fourth-order valence-electron chi connectivity index (χ4n) is 0.955. The summed E-state index contributed by atoms with van der Waals surface area (Å²) < 4.78 is 4.89. The number of nitrogens with one attached hydrogen (secondary N) is 1. The Hall–Kier alpha value is -0.610. The van der Waals surface area contributed by atoms with Crippen molar-refractivity contribution in [3.8, 4) is 0 Å². The van der Waals surface area contributed by atoms with E-state index in [0.717, 1.165) is 6.42 Å². The maximum Gasteiger partial charge on any atom is 0.207 e. The average Bonchev–Trinajstić information content (AvgIpc) is 2.01. The lowest BCUT2D eigenvalue weighted by molar-refractivity contribution is -0.110. The minimum atomic E-state index is -0.321. The first-order valence-corrected chi connectivity index (χ1v) is 4.07. The molecule has 0 saturated heterocycles. The molecule has 0 spiro atoms. The van der Waals surface area contributed by atoms with E-state index in [1.807, 2.05) is 0 Å². The zero-order valence-electron chi connectivity index (χ0n) is 7.62. The van der Waals surface area contributed by atoms with Gasteiger partial charge in [-0.1, -0.05) is 0 Å². The maximum absolute atomic E-state index is 10.1. The predicted molar refractivity (Wildman–Crippen MR) is 45.8 cm³/mol. The highest BCUT2D eigenvalue weighted by Gasteiger charge is 2.07. The molecule has 0 aliphatic heterocycles. The van der Waals surface area contributed by atoms with Crippen molar-refractivity contribution < 1.29 is 14.6 Å². The Bertz CT molecular complexity index is 117. The average molecular weight is 175 g/mol. The summed E-state index contributed by atoms with van der Waals surface area (Å²) in [6, 6.07) is 0.0158. The van der Waals surface area contributed by atoms with E-state index in [1.54, 1.807) is 14.0 Å². The van der Waals surface area contributed by atoms with Crippen molar-refractivity contribution in [2.75, 3.05) is 13.7 Å². The second kappa shape index (κ2) is 7.06. The number of hydrogen-bond donors (Lipinski definition) is 2. The molecule has 2 N–H and O–H groups in total. The van der Waals surface area contributed by atoms with Crippen LogP contribution in [0.1, 0.15) is 19.8 Å². The lowest BCUT2D eigenvalue weighted by Gasteiger charge is -2.15. The Labute approximate surface area is 72.9 Å². The minimum Gasteiger partial charge on any atom is -0.393 e. The van der Waals surface area contributed by atoms with Crippen LogP contribution in [0, 0.1) is 0 Å². The van der Waals surface area contributed by atoms with Gasteiger partial charge in [-0.25, -0.2) is 0 Å². The summed E-state index contributed by atoms with van der Waals surface area (Å²) in [4.78, 5) is 10.1. The Balaban J connectivity index is 3.54. The monoisotopic (exact) mass is 175 g/mol. The zero-order chi connectivity index (χ0) is 9.40. The Morgan fingerprint density at radius 2 is 2.25 bits per heavy atom. The van der Waals surface area contributed by atoms with E-state index in [-0.39, 0.29) is 12.1 Å². The van der Waals surface area contributed by atoms with Crippen molar-refractivity contribution in [1.82, 2.24) is 5.32 Å². The van der Waals surface area contributed by atoms with Crippen molar-refractivity contribution in [2.45, 2.75) is 31.9 Å². The number of aliphatic hydroxyl groups excluding tert-OH is 1. The molecule has 0 aromatic heterocycles. The number of carbonyl (C=O) groups is 1.